The molecule has 1 fully saturated rings. The molecule has 1 saturated heterocycles. The number of rotatable bonds is 5. The second-order valence-electron chi connectivity index (χ2n) is 6.89. The van der Waals surface area contributed by atoms with Crippen molar-refractivity contribution in [1.29, 1.82) is 0 Å². The molecule has 0 unspecified atom stereocenters. The molecule has 0 saturated carbocycles. The van der Waals surface area contributed by atoms with Gasteiger partial charge in [-0.15, -0.1) is 0 Å². The summed E-state index contributed by atoms with van der Waals surface area (Å²) in [5.41, 5.74) is -0.430. The number of anilines is 1. The van der Waals surface area contributed by atoms with Crippen molar-refractivity contribution >= 4 is 23.5 Å². The lowest BCUT2D eigenvalue weighted by molar-refractivity contribution is -0.131. The summed E-state index contributed by atoms with van der Waals surface area (Å²) in [5, 5.41) is 5.22. The lowest BCUT2D eigenvalue weighted by atomic mass is 9.91. The molecule has 1 atom stereocenters. The number of hydrogen-bond donors (Lipinski definition) is 2. The maximum absolute atomic E-state index is 13.2. The smallest absolute Gasteiger partial charge is 0.325 e. The van der Waals surface area contributed by atoms with Gasteiger partial charge in [0.05, 0.1) is 0 Å². The van der Waals surface area contributed by atoms with Crippen molar-refractivity contribution in [2.45, 2.75) is 18.9 Å². The predicted molar refractivity (Wildman–Crippen MR) is 99.8 cm³/mol. The van der Waals surface area contributed by atoms with Crippen molar-refractivity contribution < 1.29 is 28.2 Å². The standard InChI is InChI=1S/C20H18FN3O5/c1-20(12-5-6-15-16(9-12)29-11-28-15)18(26)24(19(27)23-20)8-7-17(25)22-14-4-2-3-13(21)10-14/h2-6,9-10H,7-8,11H2,1H3,(H,22,25)(H,23,27)/t20-/m1/s1. The van der Waals surface area contributed by atoms with Gasteiger partial charge in [-0.3, -0.25) is 14.5 Å². The van der Waals surface area contributed by atoms with Crippen molar-refractivity contribution in [2.24, 2.45) is 0 Å². The van der Waals surface area contributed by atoms with Gasteiger partial charge in [0.2, 0.25) is 12.7 Å². The van der Waals surface area contributed by atoms with E-state index in [0.717, 1.165) is 4.90 Å². The van der Waals surface area contributed by atoms with Gasteiger partial charge in [0.1, 0.15) is 11.4 Å². The molecule has 150 valence electrons. The number of halogens is 1. The number of benzene rings is 2. The lowest BCUT2D eigenvalue weighted by Crippen LogP contribution is -2.41. The van der Waals surface area contributed by atoms with Gasteiger partial charge in [0, 0.05) is 18.7 Å². The monoisotopic (exact) mass is 399 g/mol. The molecule has 2 N–H and O–H groups in total. The zero-order chi connectivity index (χ0) is 20.6. The van der Waals surface area contributed by atoms with Crippen LogP contribution in [0.1, 0.15) is 18.9 Å². The zero-order valence-electron chi connectivity index (χ0n) is 15.5. The SMILES string of the molecule is C[C@]1(c2ccc3c(c2)OCO3)NC(=O)N(CCC(=O)Nc2cccc(F)c2)C1=O. The van der Waals surface area contributed by atoms with E-state index in [2.05, 4.69) is 10.6 Å². The van der Waals surface area contributed by atoms with Crippen LogP contribution < -0.4 is 20.1 Å². The third kappa shape index (κ3) is 3.46. The predicted octanol–water partition coefficient (Wildman–Crippen LogP) is 2.35. The van der Waals surface area contributed by atoms with Crippen molar-refractivity contribution in [3.63, 3.8) is 0 Å². The van der Waals surface area contributed by atoms with E-state index in [1.807, 2.05) is 0 Å². The van der Waals surface area contributed by atoms with Gasteiger partial charge in [-0.25, -0.2) is 9.18 Å². The average Bonchev–Trinajstić information content (AvgIpc) is 3.23. The van der Waals surface area contributed by atoms with E-state index in [4.69, 9.17) is 9.47 Å². The van der Waals surface area contributed by atoms with Crippen LogP contribution in [0.5, 0.6) is 11.5 Å². The number of ether oxygens (including phenoxy) is 2. The highest BCUT2D eigenvalue weighted by Crippen LogP contribution is 2.37. The molecule has 2 aliphatic rings. The minimum absolute atomic E-state index is 0.0996. The van der Waals surface area contributed by atoms with Gasteiger partial charge in [-0.05, 0) is 42.8 Å². The average molecular weight is 399 g/mol. The molecule has 9 heteroatoms. The summed E-state index contributed by atoms with van der Waals surface area (Å²) in [6.45, 7) is 1.59. The van der Waals surface area contributed by atoms with Crippen molar-refractivity contribution in [3.05, 3.63) is 53.8 Å². The van der Waals surface area contributed by atoms with Crippen molar-refractivity contribution in [2.75, 3.05) is 18.7 Å². The highest BCUT2D eigenvalue weighted by Gasteiger charge is 2.49. The van der Waals surface area contributed by atoms with E-state index in [-0.39, 0.29) is 19.8 Å². The number of nitrogens with one attached hydrogen (secondary N) is 2. The van der Waals surface area contributed by atoms with Crippen LogP contribution in [0.3, 0.4) is 0 Å². The second kappa shape index (κ2) is 7.08. The molecule has 2 heterocycles. The van der Waals surface area contributed by atoms with Crippen LogP contribution in [0.15, 0.2) is 42.5 Å². The first-order valence-corrected chi connectivity index (χ1v) is 8.96. The van der Waals surface area contributed by atoms with E-state index < -0.39 is 29.2 Å². The topological polar surface area (TPSA) is 97.0 Å². The molecule has 2 aromatic rings. The maximum atomic E-state index is 13.2. The molecule has 0 aliphatic carbocycles. The number of carbonyl (C=O) groups excluding carboxylic acids is 3. The zero-order valence-corrected chi connectivity index (χ0v) is 15.5. The number of amides is 4. The Morgan fingerprint density at radius 1 is 1.21 bits per heavy atom. The van der Waals surface area contributed by atoms with Gasteiger partial charge in [0.25, 0.3) is 5.91 Å². The number of imide groups is 1. The first kappa shape index (κ1) is 18.7. The van der Waals surface area contributed by atoms with Crippen LogP contribution in [-0.2, 0) is 15.1 Å². The molecule has 4 amide bonds. The van der Waals surface area contributed by atoms with Gasteiger partial charge in [-0.2, -0.15) is 0 Å². The fourth-order valence-electron chi connectivity index (χ4n) is 3.31. The Bertz CT molecular complexity index is 1010. The van der Waals surface area contributed by atoms with Crippen LogP contribution >= 0.6 is 0 Å². The highest BCUT2D eigenvalue weighted by atomic mass is 19.1. The van der Waals surface area contributed by atoms with Gasteiger partial charge < -0.3 is 20.1 Å². The molecule has 29 heavy (non-hydrogen) atoms. The molecule has 8 nitrogen and oxygen atoms in total. The van der Waals surface area contributed by atoms with Gasteiger partial charge in [0.15, 0.2) is 11.5 Å². The second-order valence-corrected chi connectivity index (χ2v) is 6.89. The van der Waals surface area contributed by atoms with Gasteiger partial charge >= 0.3 is 6.03 Å². The van der Waals surface area contributed by atoms with Crippen LogP contribution in [0, 0.1) is 5.82 Å². The summed E-state index contributed by atoms with van der Waals surface area (Å²) in [7, 11) is 0. The number of urea groups is 1. The minimum atomic E-state index is -1.28. The van der Waals surface area contributed by atoms with E-state index in [1.165, 1.54) is 18.2 Å². The summed E-state index contributed by atoms with van der Waals surface area (Å²) in [5.74, 6) is -0.317. The lowest BCUT2D eigenvalue weighted by Gasteiger charge is -2.22. The molecular weight excluding hydrogens is 381 g/mol. The van der Waals surface area contributed by atoms with E-state index in [9.17, 15) is 18.8 Å². The summed E-state index contributed by atoms with van der Waals surface area (Å²) in [6, 6.07) is 9.89. The molecule has 0 radical (unpaired) electrons. The fraction of sp³-hybridized carbons (Fsp3) is 0.250. The first-order chi connectivity index (χ1) is 13.9. The molecular formula is C20H18FN3O5. The van der Waals surface area contributed by atoms with Gasteiger partial charge in [-0.1, -0.05) is 12.1 Å². The Morgan fingerprint density at radius 2 is 2.00 bits per heavy atom. The number of hydrogen-bond acceptors (Lipinski definition) is 5. The van der Waals surface area contributed by atoms with E-state index >= 15 is 0 Å². The summed E-state index contributed by atoms with van der Waals surface area (Å²) in [4.78, 5) is 38.4. The molecule has 2 aliphatic heterocycles. The Hall–Kier alpha value is -3.62. The molecule has 4 rings (SSSR count). The fourth-order valence-corrected chi connectivity index (χ4v) is 3.31. The van der Waals surface area contributed by atoms with Crippen molar-refractivity contribution in [3.8, 4) is 11.5 Å². The quantitative estimate of drug-likeness (QED) is 0.753. The molecule has 0 aromatic heterocycles. The summed E-state index contributed by atoms with van der Waals surface area (Å²) in [6.07, 6.45) is -0.118. The third-order valence-electron chi connectivity index (χ3n) is 4.90. The highest BCUT2D eigenvalue weighted by molar-refractivity contribution is 6.07. The van der Waals surface area contributed by atoms with Crippen LogP contribution in [0.2, 0.25) is 0 Å². The Kier molecular flexibility index (Phi) is 4.57. The normalized spacial score (nSPS) is 20.0. The summed E-state index contributed by atoms with van der Waals surface area (Å²) < 4.78 is 23.8. The largest absolute Gasteiger partial charge is 0.454 e. The third-order valence-corrected chi connectivity index (χ3v) is 4.90. The van der Waals surface area contributed by atoms with Crippen LogP contribution in [0.4, 0.5) is 14.9 Å². The van der Waals surface area contributed by atoms with E-state index in [0.29, 0.717) is 22.7 Å². The molecule has 0 spiro atoms. The molecule has 2 aromatic carbocycles. The van der Waals surface area contributed by atoms with E-state index in [1.54, 1.807) is 31.2 Å². The number of carbonyl (C=O) groups is 3. The minimum Gasteiger partial charge on any atom is -0.454 e. The number of nitrogens with zero attached hydrogens (tertiary/aromatic N) is 1. The summed E-state index contributed by atoms with van der Waals surface area (Å²) >= 11 is 0. The van der Waals surface area contributed by atoms with Crippen LogP contribution in [-0.4, -0.2) is 36.1 Å². The Labute approximate surface area is 165 Å². The van der Waals surface area contributed by atoms with Crippen molar-refractivity contribution in [1.82, 2.24) is 10.2 Å². The first-order valence-electron chi connectivity index (χ1n) is 8.96. The maximum Gasteiger partial charge on any atom is 0.325 e. The number of fused-ring (bicyclic) bond motifs is 1. The molecule has 0 bridgehead atoms. The Balaban J connectivity index is 1.43. The Morgan fingerprint density at radius 3 is 2.79 bits per heavy atom. The van der Waals surface area contributed by atoms with Crippen LogP contribution in [0.25, 0.3) is 0 Å².